The number of rotatable bonds is 8. The highest BCUT2D eigenvalue weighted by Gasteiger charge is 2.24. The molecule has 0 spiro atoms. The number of aryl methyl sites for hydroxylation is 1. The molecule has 2 aromatic carbocycles. The Hall–Kier alpha value is -3.48. The lowest BCUT2D eigenvalue weighted by molar-refractivity contribution is 0.0312. The first-order valence-corrected chi connectivity index (χ1v) is 9.85. The van der Waals surface area contributed by atoms with Crippen molar-refractivity contribution in [2.24, 2.45) is 0 Å². The van der Waals surface area contributed by atoms with E-state index in [0.717, 1.165) is 12.8 Å². The van der Waals surface area contributed by atoms with E-state index < -0.39 is 12.1 Å². The van der Waals surface area contributed by atoms with Crippen LogP contribution in [0.25, 0.3) is 10.8 Å². The van der Waals surface area contributed by atoms with E-state index in [1.807, 2.05) is 6.92 Å². The molecule has 7 heteroatoms. The number of hydrogen-bond donors (Lipinski definition) is 0. The number of nitrogens with zero attached hydrogens (tertiary/aromatic N) is 2. The van der Waals surface area contributed by atoms with Crippen LogP contribution in [-0.4, -0.2) is 34.7 Å². The normalized spacial score (nSPS) is 11.8. The van der Waals surface area contributed by atoms with Gasteiger partial charge < -0.3 is 9.47 Å². The summed E-state index contributed by atoms with van der Waals surface area (Å²) in [5, 5.41) is 5.05. The number of ether oxygens (including phenoxy) is 2. The third-order valence-corrected chi connectivity index (χ3v) is 4.81. The molecular formula is C23H24N2O5. The molecule has 3 rings (SSSR count). The van der Waals surface area contributed by atoms with Gasteiger partial charge in [-0.25, -0.2) is 9.48 Å². The zero-order chi connectivity index (χ0) is 21.7. The smallest absolute Gasteiger partial charge is 0.360 e. The van der Waals surface area contributed by atoms with E-state index >= 15 is 0 Å². The number of methoxy groups -OCH3 is 1. The molecule has 0 aliphatic carbocycles. The number of esters is 1. The number of carbonyl (C=O) groups is 2. The summed E-state index contributed by atoms with van der Waals surface area (Å²) in [4.78, 5) is 38.2. The van der Waals surface area contributed by atoms with Crippen LogP contribution in [0.2, 0.25) is 0 Å². The van der Waals surface area contributed by atoms with Crippen LogP contribution in [0.4, 0.5) is 0 Å². The molecule has 1 aromatic heterocycles. The van der Waals surface area contributed by atoms with Crippen molar-refractivity contribution in [3.8, 4) is 5.75 Å². The molecular weight excluding hydrogens is 384 g/mol. The highest BCUT2D eigenvalue weighted by molar-refractivity contribution is 6.05. The highest BCUT2D eigenvalue weighted by Crippen LogP contribution is 2.17. The van der Waals surface area contributed by atoms with Crippen molar-refractivity contribution < 1.29 is 19.1 Å². The zero-order valence-electron chi connectivity index (χ0n) is 17.3. The Morgan fingerprint density at radius 2 is 1.73 bits per heavy atom. The van der Waals surface area contributed by atoms with Crippen LogP contribution in [0.1, 0.15) is 47.5 Å². The Kier molecular flexibility index (Phi) is 6.61. The third-order valence-electron chi connectivity index (χ3n) is 4.81. The molecule has 0 aliphatic heterocycles. The van der Waals surface area contributed by atoms with Gasteiger partial charge in [-0.2, -0.15) is 5.10 Å². The second kappa shape index (κ2) is 9.35. The molecule has 156 valence electrons. The quantitative estimate of drug-likeness (QED) is 0.418. The molecule has 0 saturated carbocycles. The molecule has 7 nitrogen and oxygen atoms in total. The van der Waals surface area contributed by atoms with Crippen LogP contribution in [0.5, 0.6) is 5.75 Å². The topological polar surface area (TPSA) is 87.5 Å². The maximum atomic E-state index is 12.9. The van der Waals surface area contributed by atoms with Crippen molar-refractivity contribution in [1.82, 2.24) is 9.78 Å². The van der Waals surface area contributed by atoms with E-state index in [0.29, 0.717) is 28.6 Å². The first-order chi connectivity index (χ1) is 14.5. The fourth-order valence-electron chi connectivity index (χ4n) is 3.11. The van der Waals surface area contributed by atoms with Crippen molar-refractivity contribution >= 4 is 22.5 Å². The fourth-order valence-corrected chi connectivity index (χ4v) is 3.11. The Morgan fingerprint density at radius 1 is 1.07 bits per heavy atom. The van der Waals surface area contributed by atoms with Crippen molar-refractivity contribution in [3.05, 3.63) is 70.1 Å². The van der Waals surface area contributed by atoms with Gasteiger partial charge in [-0.15, -0.1) is 0 Å². The summed E-state index contributed by atoms with van der Waals surface area (Å²) in [6.07, 6.45) is 0.628. The van der Waals surface area contributed by atoms with Gasteiger partial charge in [0, 0.05) is 17.5 Å². The first-order valence-electron chi connectivity index (χ1n) is 9.85. The lowest BCUT2D eigenvalue weighted by Gasteiger charge is -2.14. The maximum absolute atomic E-state index is 12.9. The summed E-state index contributed by atoms with van der Waals surface area (Å²) in [6.45, 7) is 3.92. The molecule has 0 aliphatic rings. The average Bonchev–Trinajstić information content (AvgIpc) is 2.78. The Morgan fingerprint density at radius 3 is 2.37 bits per heavy atom. The Balaban J connectivity index is 1.89. The van der Waals surface area contributed by atoms with Gasteiger partial charge in [-0.3, -0.25) is 9.59 Å². The zero-order valence-corrected chi connectivity index (χ0v) is 17.3. The molecule has 0 amide bonds. The molecule has 0 bridgehead atoms. The largest absolute Gasteiger partial charge is 0.497 e. The number of carbonyl (C=O) groups excluding carboxylic acids is 2. The first kappa shape index (κ1) is 21.2. The SMILES string of the molecule is CCCCn1nc(C(=O)O[C@@H](C)C(=O)c2ccc(OC)cc2)c2ccccc2c1=O. The minimum atomic E-state index is -1.01. The molecule has 0 saturated heterocycles. The van der Waals surface area contributed by atoms with Crippen molar-refractivity contribution in [1.29, 1.82) is 0 Å². The number of fused-ring (bicyclic) bond motifs is 1. The summed E-state index contributed by atoms with van der Waals surface area (Å²) in [7, 11) is 1.54. The number of Topliss-reactive ketones (excluding diaryl/α,β-unsaturated/α-hetero) is 1. The van der Waals surface area contributed by atoms with Crippen LogP contribution in [-0.2, 0) is 11.3 Å². The van der Waals surface area contributed by atoms with E-state index in [-0.39, 0.29) is 17.0 Å². The maximum Gasteiger partial charge on any atom is 0.360 e. The van der Waals surface area contributed by atoms with Gasteiger partial charge in [0.1, 0.15) is 5.75 Å². The van der Waals surface area contributed by atoms with E-state index in [1.54, 1.807) is 55.6 Å². The molecule has 0 unspecified atom stereocenters. The van der Waals surface area contributed by atoms with Gasteiger partial charge >= 0.3 is 5.97 Å². The number of hydrogen-bond acceptors (Lipinski definition) is 6. The standard InChI is InChI=1S/C23H24N2O5/c1-4-5-14-25-22(27)19-9-7-6-8-18(19)20(24-25)23(28)30-15(2)21(26)16-10-12-17(29-3)13-11-16/h6-13,15H,4-5,14H2,1-3H3/t15-/m0/s1. The lowest BCUT2D eigenvalue weighted by atomic mass is 10.1. The van der Waals surface area contributed by atoms with Gasteiger partial charge in [0.25, 0.3) is 5.56 Å². The average molecular weight is 408 g/mol. The predicted octanol–water partition coefficient (Wildman–Crippen LogP) is 3.63. The van der Waals surface area contributed by atoms with Crippen LogP contribution < -0.4 is 10.3 Å². The van der Waals surface area contributed by atoms with Gasteiger partial charge in [-0.1, -0.05) is 31.5 Å². The van der Waals surface area contributed by atoms with Crippen LogP contribution in [0.15, 0.2) is 53.3 Å². The summed E-state index contributed by atoms with van der Waals surface area (Å²) in [5.41, 5.74) is 0.176. The number of aromatic nitrogens is 2. The van der Waals surface area contributed by atoms with E-state index in [4.69, 9.17) is 9.47 Å². The van der Waals surface area contributed by atoms with Gasteiger partial charge in [0.2, 0.25) is 5.78 Å². The predicted molar refractivity (Wildman–Crippen MR) is 113 cm³/mol. The minimum absolute atomic E-state index is 0.0238. The van der Waals surface area contributed by atoms with Gasteiger partial charge in [-0.05, 0) is 43.7 Å². The van der Waals surface area contributed by atoms with Gasteiger partial charge in [0.05, 0.1) is 12.5 Å². The molecule has 1 heterocycles. The molecule has 0 fully saturated rings. The van der Waals surface area contributed by atoms with E-state index in [2.05, 4.69) is 5.10 Å². The van der Waals surface area contributed by atoms with E-state index in [1.165, 1.54) is 11.6 Å². The Labute approximate surface area is 174 Å². The number of benzene rings is 2. The second-order valence-corrected chi connectivity index (χ2v) is 6.92. The Bertz CT molecular complexity index is 1120. The van der Waals surface area contributed by atoms with Crippen LogP contribution in [0.3, 0.4) is 0 Å². The second-order valence-electron chi connectivity index (χ2n) is 6.92. The van der Waals surface area contributed by atoms with Gasteiger partial charge in [0.15, 0.2) is 11.8 Å². The van der Waals surface area contributed by atoms with Crippen LogP contribution in [0, 0.1) is 0 Å². The minimum Gasteiger partial charge on any atom is -0.497 e. The third kappa shape index (κ3) is 4.40. The highest BCUT2D eigenvalue weighted by atomic mass is 16.5. The summed E-state index contributed by atoms with van der Waals surface area (Å²) in [5.74, 6) is -0.457. The summed E-state index contributed by atoms with van der Waals surface area (Å²) in [6, 6.07) is 13.3. The number of unbranched alkanes of at least 4 members (excludes halogenated alkanes) is 1. The molecule has 1 atom stereocenters. The molecule has 3 aromatic rings. The van der Waals surface area contributed by atoms with Crippen molar-refractivity contribution in [2.45, 2.75) is 39.3 Å². The summed E-state index contributed by atoms with van der Waals surface area (Å²) < 4.78 is 11.8. The van der Waals surface area contributed by atoms with Crippen molar-refractivity contribution in [3.63, 3.8) is 0 Å². The molecule has 0 radical (unpaired) electrons. The van der Waals surface area contributed by atoms with Crippen molar-refractivity contribution in [2.75, 3.05) is 7.11 Å². The number of ketones is 1. The lowest BCUT2D eigenvalue weighted by Crippen LogP contribution is -2.29. The summed E-state index contributed by atoms with van der Waals surface area (Å²) >= 11 is 0. The molecule has 0 N–H and O–H groups in total. The van der Waals surface area contributed by atoms with Crippen LogP contribution >= 0.6 is 0 Å². The monoisotopic (exact) mass is 408 g/mol. The fraction of sp³-hybridized carbons (Fsp3) is 0.304. The van der Waals surface area contributed by atoms with E-state index in [9.17, 15) is 14.4 Å². The molecule has 30 heavy (non-hydrogen) atoms.